The molecule has 1 N–H and O–H groups in total. The van der Waals surface area contributed by atoms with Crippen LogP contribution in [0.25, 0.3) is 11.3 Å². The number of aromatic nitrogens is 1. The van der Waals surface area contributed by atoms with E-state index in [9.17, 15) is 8.78 Å². The molecule has 0 aliphatic carbocycles. The summed E-state index contributed by atoms with van der Waals surface area (Å²) < 4.78 is 24.8. The van der Waals surface area contributed by atoms with Gasteiger partial charge in [0, 0.05) is 16.6 Å². The molecule has 0 aliphatic rings. The van der Waals surface area contributed by atoms with Gasteiger partial charge in [-0.1, -0.05) is 12.1 Å². The summed E-state index contributed by atoms with van der Waals surface area (Å²) in [6.07, 6.45) is -2.37. The van der Waals surface area contributed by atoms with E-state index in [1.807, 2.05) is 24.4 Å². The molecule has 18 heavy (non-hydrogen) atoms. The Morgan fingerprint density at radius 1 is 1.22 bits per heavy atom. The summed E-state index contributed by atoms with van der Waals surface area (Å²) in [5, 5.41) is 5.76. The molecule has 0 bridgehead atoms. The zero-order valence-corrected chi connectivity index (χ0v) is 11.0. The van der Waals surface area contributed by atoms with Gasteiger partial charge in [0.15, 0.2) is 0 Å². The fourth-order valence-electron chi connectivity index (χ4n) is 1.56. The second-order valence-electron chi connectivity index (χ2n) is 4.10. The van der Waals surface area contributed by atoms with Crippen molar-refractivity contribution < 1.29 is 8.78 Å². The SMILES string of the molecule is Cc1nc(-c2ccc(NC(C)C(F)F)cc2)cs1. The van der Waals surface area contributed by atoms with Gasteiger partial charge < -0.3 is 5.32 Å². The van der Waals surface area contributed by atoms with E-state index in [1.54, 1.807) is 23.5 Å². The molecule has 2 aromatic rings. The lowest BCUT2D eigenvalue weighted by molar-refractivity contribution is 0.131. The van der Waals surface area contributed by atoms with Gasteiger partial charge in [-0.25, -0.2) is 13.8 Å². The Labute approximate surface area is 109 Å². The maximum atomic E-state index is 12.4. The Hall–Kier alpha value is -1.49. The number of thiazole rings is 1. The van der Waals surface area contributed by atoms with Gasteiger partial charge in [-0.15, -0.1) is 11.3 Å². The summed E-state index contributed by atoms with van der Waals surface area (Å²) in [5.74, 6) is 0. The van der Waals surface area contributed by atoms with Crippen LogP contribution in [-0.4, -0.2) is 17.5 Å². The molecule has 2 rings (SSSR count). The van der Waals surface area contributed by atoms with Crippen LogP contribution < -0.4 is 5.32 Å². The summed E-state index contributed by atoms with van der Waals surface area (Å²) >= 11 is 1.59. The fourth-order valence-corrected chi connectivity index (χ4v) is 2.18. The summed E-state index contributed by atoms with van der Waals surface area (Å²) in [6, 6.07) is 6.51. The second kappa shape index (κ2) is 5.44. The first-order valence-electron chi connectivity index (χ1n) is 5.63. The van der Waals surface area contributed by atoms with Gasteiger partial charge in [0.1, 0.15) is 0 Å². The maximum absolute atomic E-state index is 12.4. The van der Waals surface area contributed by atoms with Gasteiger partial charge in [0.2, 0.25) is 0 Å². The molecule has 0 saturated heterocycles. The molecule has 1 aromatic heterocycles. The third kappa shape index (κ3) is 3.04. The topological polar surface area (TPSA) is 24.9 Å². The molecule has 1 aromatic carbocycles. The van der Waals surface area contributed by atoms with E-state index in [-0.39, 0.29) is 0 Å². The minimum atomic E-state index is -2.37. The van der Waals surface area contributed by atoms with Gasteiger partial charge in [-0.05, 0) is 26.0 Å². The highest BCUT2D eigenvalue weighted by molar-refractivity contribution is 7.09. The largest absolute Gasteiger partial charge is 0.377 e. The summed E-state index contributed by atoms with van der Waals surface area (Å²) in [4.78, 5) is 4.38. The highest BCUT2D eigenvalue weighted by Crippen LogP contribution is 2.23. The molecule has 0 amide bonds. The second-order valence-corrected chi connectivity index (χ2v) is 5.16. The Bertz CT molecular complexity index is 508. The van der Waals surface area contributed by atoms with Crippen molar-refractivity contribution in [3.8, 4) is 11.3 Å². The Morgan fingerprint density at radius 2 is 1.89 bits per heavy atom. The molecule has 0 spiro atoms. The van der Waals surface area contributed by atoms with E-state index >= 15 is 0 Å². The normalized spacial score (nSPS) is 12.7. The van der Waals surface area contributed by atoms with Gasteiger partial charge in [0.25, 0.3) is 6.43 Å². The van der Waals surface area contributed by atoms with Crippen LogP contribution in [0.1, 0.15) is 11.9 Å². The van der Waals surface area contributed by atoms with Crippen molar-refractivity contribution in [2.75, 3.05) is 5.32 Å². The van der Waals surface area contributed by atoms with E-state index in [0.717, 1.165) is 16.3 Å². The number of nitrogens with one attached hydrogen (secondary N) is 1. The van der Waals surface area contributed by atoms with E-state index in [1.165, 1.54) is 6.92 Å². The highest BCUT2D eigenvalue weighted by Gasteiger charge is 2.13. The molecule has 1 atom stereocenters. The predicted octanol–water partition coefficient (Wildman–Crippen LogP) is 4.18. The van der Waals surface area contributed by atoms with Gasteiger partial charge in [-0.3, -0.25) is 0 Å². The number of hydrogen-bond donors (Lipinski definition) is 1. The molecular formula is C13H14F2N2S. The smallest absolute Gasteiger partial charge is 0.258 e. The third-order valence-electron chi connectivity index (χ3n) is 2.57. The minimum Gasteiger partial charge on any atom is -0.377 e. The van der Waals surface area contributed by atoms with Crippen molar-refractivity contribution in [2.45, 2.75) is 26.3 Å². The van der Waals surface area contributed by atoms with Crippen LogP contribution in [0.3, 0.4) is 0 Å². The van der Waals surface area contributed by atoms with Crippen LogP contribution in [0.15, 0.2) is 29.6 Å². The number of halogens is 2. The van der Waals surface area contributed by atoms with Crippen molar-refractivity contribution in [1.82, 2.24) is 4.98 Å². The summed E-state index contributed by atoms with van der Waals surface area (Å²) in [6.45, 7) is 3.41. The lowest BCUT2D eigenvalue weighted by Gasteiger charge is -2.14. The number of benzene rings is 1. The summed E-state index contributed by atoms with van der Waals surface area (Å²) in [7, 11) is 0. The molecule has 0 saturated carbocycles. The van der Waals surface area contributed by atoms with Crippen molar-refractivity contribution in [3.05, 3.63) is 34.7 Å². The van der Waals surface area contributed by atoms with Crippen LogP contribution in [0.5, 0.6) is 0 Å². The van der Waals surface area contributed by atoms with Crippen molar-refractivity contribution in [3.63, 3.8) is 0 Å². The fraction of sp³-hybridized carbons (Fsp3) is 0.308. The Morgan fingerprint density at radius 3 is 2.39 bits per heavy atom. The van der Waals surface area contributed by atoms with Crippen molar-refractivity contribution >= 4 is 17.0 Å². The third-order valence-corrected chi connectivity index (χ3v) is 3.35. The minimum absolute atomic E-state index is 0.693. The van der Waals surface area contributed by atoms with Crippen LogP contribution in [-0.2, 0) is 0 Å². The van der Waals surface area contributed by atoms with Crippen molar-refractivity contribution in [2.24, 2.45) is 0 Å². The summed E-state index contributed by atoms with van der Waals surface area (Å²) in [5.41, 5.74) is 2.61. The van der Waals surface area contributed by atoms with Gasteiger partial charge in [0.05, 0.1) is 16.7 Å². The molecule has 0 fully saturated rings. The Balaban J connectivity index is 2.10. The standard InChI is InChI=1S/C13H14F2N2S/c1-8(13(14)15)16-11-5-3-10(4-6-11)12-7-18-9(2)17-12/h3-8,13,16H,1-2H3. The number of hydrogen-bond acceptors (Lipinski definition) is 3. The number of alkyl halides is 2. The average Bonchev–Trinajstić information content (AvgIpc) is 2.76. The zero-order chi connectivity index (χ0) is 13.1. The molecular weight excluding hydrogens is 254 g/mol. The number of anilines is 1. The average molecular weight is 268 g/mol. The first kappa shape index (κ1) is 13.0. The number of rotatable bonds is 4. The predicted molar refractivity (Wildman–Crippen MR) is 71.4 cm³/mol. The van der Waals surface area contributed by atoms with E-state index < -0.39 is 12.5 Å². The Kier molecular flexibility index (Phi) is 3.91. The van der Waals surface area contributed by atoms with Gasteiger partial charge in [-0.2, -0.15) is 0 Å². The molecule has 0 aliphatic heterocycles. The molecule has 1 unspecified atom stereocenters. The number of nitrogens with zero attached hydrogens (tertiary/aromatic N) is 1. The van der Waals surface area contributed by atoms with E-state index in [0.29, 0.717) is 5.69 Å². The lowest BCUT2D eigenvalue weighted by atomic mass is 10.1. The molecule has 5 heteroatoms. The maximum Gasteiger partial charge on any atom is 0.258 e. The quantitative estimate of drug-likeness (QED) is 0.899. The van der Waals surface area contributed by atoms with Crippen LogP contribution in [0, 0.1) is 6.92 Å². The highest BCUT2D eigenvalue weighted by atomic mass is 32.1. The van der Waals surface area contributed by atoms with Gasteiger partial charge >= 0.3 is 0 Å². The molecule has 1 heterocycles. The van der Waals surface area contributed by atoms with E-state index in [2.05, 4.69) is 10.3 Å². The van der Waals surface area contributed by atoms with Crippen LogP contribution in [0.4, 0.5) is 14.5 Å². The monoisotopic (exact) mass is 268 g/mol. The molecule has 0 radical (unpaired) electrons. The van der Waals surface area contributed by atoms with Crippen LogP contribution in [0.2, 0.25) is 0 Å². The lowest BCUT2D eigenvalue weighted by Crippen LogP contribution is -2.23. The molecule has 96 valence electrons. The van der Waals surface area contributed by atoms with Crippen molar-refractivity contribution in [1.29, 1.82) is 0 Å². The first-order chi connectivity index (χ1) is 8.56. The number of aryl methyl sites for hydroxylation is 1. The zero-order valence-electron chi connectivity index (χ0n) is 10.2. The van der Waals surface area contributed by atoms with Crippen LogP contribution >= 0.6 is 11.3 Å². The first-order valence-corrected chi connectivity index (χ1v) is 6.51. The molecule has 2 nitrogen and oxygen atoms in total. The van der Waals surface area contributed by atoms with E-state index in [4.69, 9.17) is 0 Å².